The highest BCUT2D eigenvalue weighted by Crippen LogP contribution is 2.29. The molecule has 24 heavy (non-hydrogen) atoms. The van der Waals surface area contributed by atoms with Crippen molar-refractivity contribution >= 4 is 22.6 Å². The van der Waals surface area contributed by atoms with E-state index in [2.05, 4.69) is 4.98 Å². The second-order valence-electron chi connectivity index (χ2n) is 5.37. The third-order valence-corrected chi connectivity index (χ3v) is 3.73. The molecule has 0 aliphatic rings. The number of carbonyl (C=O) groups is 1. The molecule has 0 radical (unpaired) electrons. The normalized spacial score (nSPS) is 11.8. The summed E-state index contributed by atoms with van der Waals surface area (Å²) in [7, 11) is 0. The molecular weight excluding hydrogens is 323 g/mol. The molecule has 0 spiro atoms. The number of aromatic amines is 1. The predicted octanol–water partition coefficient (Wildman–Crippen LogP) is 2.93. The molecule has 0 unspecified atom stereocenters. The first-order chi connectivity index (χ1) is 11.2. The number of anilines is 1. The lowest BCUT2D eigenvalue weighted by Crippen LogP contribution is -2.24. The third kappa shape index (κ3) is 2.55. The summed E-state index contributed by atoms with van der Waals surface area (Å²) in [4.78, 5) is 27.1. The van der Waals surface area contributed by atoms with Crippen molar-refractivity contribution < 1.29 is 18.0 Å². The van der Waals surface area contributed by atoms with Crippen molar-refractivity contribution in [3.05, 3.63) is 63.6 Å². The van der Waals surface area contributed by atoms with E-state index in [-0.39, 0.29) is 11.1 Å². The van der Waals surface area contributed by atoms with Crippen molar-refractivity contribution in [3.8, 4) is 0 Å². The average molecular weight is 335 g/mol. The van der Waals surface area contributed by atoms with Crippen LogP contribution in [0.25, 0.3) is 11.0 Å². The molecular formula is C16H12F3N3O2. The van der Waals surface area contributed by atoms with E-state index in [0.29, 0.717) is 11.2 Å². The number of benzene rings is 2. The minimum Gasteiger partial charge on any atom is -0.398 e. The topological polar surface area (TPSA) is 80.9 Å². The second-order valence-corrected chi connectivity index (χ2v) is 5.37. The molecule has 0 bridgehead atoms. The zero-order valence-electron chi connectivity index (χ0n) is 12.4. The molecule has 2 aromatic carbocycles. The molecule has 3 N–H and O–H groups in total. The summed E-state index contributed by atoms with van der Waals surface area (Å²) in [6, 6.07) is 6.77. The number of hydrogen-bond acceptors (Lipinski definition) is 3. The van der Waals surface area contributed by atoms with Gasteiger partial charge >= 0.3 is 11.9 Å². The summed E-state index contributed by atoms with van der Waals surface area (Å²) in [5.74, 6) is -0.733. The van der Waals surface area contributed by atoms with Crippen LogP contribution in [0.4, 0.5) is 18.9 Å². The number of alkyl halides is 3. The van der Waals surface area contributed by atoms with E-state index in [1.165, 1.54) is 6.07 Å². The molecule has 8 heteroatoms. The lowest BCUT2D eigenvalue weighted by molar-refractivity contribution is -0.137. The molecule has 0 amide bonds. The summed E-state index contributed by atoms with van der Waals surface area (Å²) in [6.45, 7) is 1.75. The van der Waals surface area contributed by atoms with E-state index in [9.17, 15) is 22.8 Å². The lowest BCUT2D eigenvalue weighted by atomic mass is 10.1. The van der Waals surface area contributed by atoms with Crippen LogP contribution in [0, 0.1) is 6.92 Å². The Balaban J connectivity index is 2.10. The Bertz CT molecular complexity index is 998. The fraction of sp³-hybridized carbons (Fsp3) is 0.125. The number of nitrogens with zero attached hydrogens (tertiary/aromatic N) is 1. The zero-order chi connectivity index (χ0) is 17.6. The molecule has 0 aliphatic carbocycles. The van der Waals surface area contributed by atoms with Crippen molar-refractivity contribution in [2.24, 2.45) is 0 Å². The minimum absolute atomic E-state index is 0.0369. The van der Waals surface area contributed by atoms with Crippen molar-refractivity contribution in [2.75, 3.05) is 5.73 Å². The molecule has 1 heterocycles. The van der Waals surface area contributed by atoms with E-state index < -0.39 is 23.3 Å². The molecule has 0 atom stereocenters. The van der Waals surface area contributed by atoms with E-state index in [4.69, 9.17) is 5.73 Å². The van der Waals surface area contributed by atoms with Crippen LogP contribution in [0.2, 0.25) is 0 Å². The second kappa shape index (κ2) is 5.26. The molecule has 0 saturated heterocycles. The van der Waals surface area contributed by atoms with Crippen LogP contribution in [-0.2, 0) is 6.18 Å². The largest absolute Gasteiger partial charge is 0.416 e. The number of aromatic nitrogens is 2. The Labute approximate surface area is 133 Å². The summed E-state index contributed by atoms with van der Waals surface area (Å²) in [5, 5.41) is 0. The summed E-state index contributed by atoms with van der Waals surface area (Å²) < 4.78 is 38.6. The first kappa shape index (κ1) is 15.9. The Kier molecular flexibility index (Phi) is 3.47. The van der Waals surface area contributed by atoms with Crippen molar-refractivity contribution in [1.29, 1.82) is 0 Å². The maximum absolute atomic E-state index is 12.6. The number of rotatable bonds is 1. The lowest BCUT2D eigenvalue weighted by Gasteiger charge is -2.08. The number of nitrogens with one attached hydrogen (secondary N) is 1. The van der Waals surface area contributed by atoms with Gasteiger partial charge in [0.2, 0.25) is 0 Å². The number of carbonyl (C=O) groups excluding carboxylic acids is 1. The van der Waals surface area contributed by atoms with Gasteiger partial charge in [-0.2, -0.15) is 13.2 Å². The number of halogens is 3. The number of aryl methyl sites for hydroxylation is 1. The quantitative estimate of drug-likeness (QED) is 0.671. The van der Waals surface area contributed by atoms with Gasteiger partial charge in [0.05, 0.1) is 16.6 Å². The van der Waals surface area contributed by atoms with Crippen LogP contribution in [0.15, 0.2) is 41.2 Å². The molecule has 3 rings (SSSR count). The van der Waals surface area contributed by atoms with Gasteiger partial charge in [-0.15, -0.1) is 0 Å². The number of fused-ring (bicyclic) bond motifs is 1. The zero-order valence-corrected chi connectivity index (χ0v) is 12.4. The Hall–Kier alpha value is -3.03. The Morgan fingerprint density at radius 2 is 1.79 bits per heavy atom. The SMILES string of the molecule is Cc1cc2[nH]c(=O)n(C(=O)c3ccc(C(F)(F)F)cc3)c2cc1N. The van der Waals surface area contributed by atoms with E-state index in [0.717, 1.165) is 34.4 Å². The average Bonchev–Trinajstić information content (AvgIpc) is 2.81. The Morgan fingerprint density at radius 3 is 2.38 bits per heavy atom. The van der Waals surface area contributed by atoms with Crippen LogP contribution < -0.4 is 11.4 Å². The van der Waals surface area contributed by atoms with Gasteiger partial charge in [0, 0.05) is 11.3 Å². The van der Waals surface area contributed by atoms with Gasteiger partial charge < -0.3 is 10.7 Å². The third-order valence-electron chi connectivity index (χ3n) is 3.73. The molecule has 0 saturated carbocycles. The van der Waals surface area contributed by atoms with Crippen molar-refractivity contribution in [3.63, 3.8) is 0 Å². The highest BCUT2D eigenvalue weighted by atomic mass is 19.4. The van der Waals surface area contributed by atoms with Crippen molar-refractivity contribution in [2.45, 2.75) is 13.1 Å². The fourth-order valence-corrected chi connectivity index (χ4v) is 2.41. The Morgan fingerprint density at radius 1 is 1.17 bits per heavy atom. The van der Waals surface area contributed by atoms with Crippen LogP contribution in [0.5, 0.6) is 0 Å². The molecule has 0 fully saturated rings. The van der Waals surface area contributed by atoms with Crippen LogP contribution in [0.1, 0.15) is 21.5 Å². The number of H-pyrrole nitrogens is 1. The molecule has 5 nitrogen and oxygen atoms in total. The standard InChI is InChI=1S/C16H12F3N3O2/c1-8-6-12-13(7-11(8)20)22(15(24)21-12)14(23)9-2-4-10(5-3-9)16(17,18)19/h2-7H,20H2,1H3,(H,21,24). The highest BCUT2D eigenvalue weighted by molar-refractivity contribution is 6.01. The number of nitrogens with two attached hydrogens (primary N) is 1. The number of nitrogen functional groups attached to an aromatic ring is 1. The summed E-state index contributed by atoms with van der Waals surface area (Å²) in [6.07, 6.45) is -4.49. The predicted molar refractivity (Wildman–Crippen MR) is 82.9 cm³/mol. The van der Waals surface area contributed by atoms with Crippen LogP contribution >= 0.6 is 0 Å². The van der Waals surface area contributed by atoms with E-state index >= 15 is 0 Å². The summed E-state index contributed by atoms with van der Waals surface area (Å²) >= 11 is 0. The number of imidazole rings is 1. The monoisotopic (exact) mass is 335 g/mol. The summed E-state index contributed by atoms with van der Waals surface area (Å²) in [5.41, 5.74) is 6.04. The van der Waals surface area contributed by atoms with E-state index in [1.807, 2.05) is 0 Å². The molecule has 124 valence electrons. The maximum Gasteiger partial charge on any atom is 0.416 e. The van der Waals surface area contributed by atoms with Gasteiger partial charge in [-0.05, 0) is 48.9 Å². The first-order valence-electron chi connectivity index (χ1n) is 6.91. The maximum atomic E-state index is 12.6. The first-order valence-corrected chi connectivity index (χ1v) is 6.91. The van der Waals surface area contributed by atoms with Gasteiger partial charge in [0.25, 0.3) is 5.91 Å². The van der Waals surface area contributed by atoms with Crippen LogP contribution in [-0.4, -0.2) is 15.5 Å². The van der Waals surface area contributed by atoms with Crippen molar-refractivity contribution in [1.82, 2.24) is 9.55 Å². The van der Waals surface area contributed by atoms with Gasteiger partial charge in [0.1, 0.15) is 0 Å². The minimum atomic E-state index is -4.49. The molecule has 0 aliphatic heterocycles. The van der Waals surface area contributed by atoms with Gasteiger partial charge in [-0.25, -0.2) is 9.36 Å². The highest BCUT2D eigenvalue weighted by Gasteiger charge is 2.30. The van der Waals surface area contributed by atoms with E-state index in [1.54, 1.807) is 13.0 Å². The van der Waals surface area contributed by atoms with Gasteiger partial charge in [0.15, 0.2) is 0 Å². The molecule has 1 aromatic heterocycles. The van der Waals surface area contributed by atoms with Gasteiger partial charge in [-0.3, -0.25) is 4.79 Å². The smallest absolute Gasteiger partial charge is 0.398 e. The van der Waals surface area contributed by atoms with Crippen LogP contribution in [0.3, 0.4) is 0 Å². The fourth-order valence-electron chi connectivity index (χ4n) is 2.41. The van der Waals surface area contributed by atoms with Gasteiger partial charge in [-0.1, -0.05) is 0 Å². The number of hydrogen-bond donors (Lipinski definition) is 2. The molecule has 3 aromatic rings.